The standard InChI is InChI=1S/C43H54N10O3/c44-36(26-28-13-17-32(18-14-28)30-8-3-1-4-9-30)39(54)52-37(12-7-25-49-42(45)46)40(55)53-38(41(56)50-34-21-23-35(24-22-34)51-43(47)48)27-29-15-19-33(20-16-29)31-10-5-2-6-11-31/h1-6,8-11,13-20,34-38H,7,12,21-27,44H2,(H,50,56)(H,52,54)(H,53,55)(H4,45,46,49)(H4,47,48,51)/t34-,35-,36-,37-,38-/m0/s1. The van der Waals surface area contributed by atoms with E-state index in [9.17, 15) is 14.4 Å². The SMILES string of the molecule is N=C(N)NCCC[C@H](NC(=O)[C@@H](N)Cc1ccc(-c2ccccc2)cc1)C(=O)N[C@@H](Cc1ccc(-c2ccccc2)cc1)C(=O)N[C@H]1CC[C@H](NC(=N)N)CC1. The average molecular weight is 759 g/mol. The minimum Gasteiger partial charge on any atom is -0.370 e. The van der Waals surface area contributed by atoms with Gasteiger partial charge in [-0.25, -0.2) is 0 Å². The number of carbonyl (C=O) groups is 3. The number of benzene rings is 4. The molecule has 1 aliphatic carbocycles. The van der Waals surface area contributed by atoms with Gasteiger partial charge < -0.3 is 43.8 Å². The maximum atomic E-state index is 14.1. The highest BCUT2D eigenvalue weighted by Gasteiger charge is 2.30. The van der Waals surface area contributed by atoms with Crippen LogP contribution in [0, 0.1) is 10.8 Å². The van der Waals surface area contributed by atoms with Crippen LogP contribution in [0.1, 0.15) is 49.7 Å². The van der Waals surface area contributed by atoms with Crippen LogP contribution in [0.25, 0.3) is 22.3 Å². The smallest absolute Gasteiger partial charge is 0.243 e. The number of hydrogen-bond acceptors (Lipinski definition) is 6. The maximum Gasteiger partial charge on any atom is 0.243 e. The molecule has 1 fully saturated rings. The topological polar surface area (TPSA) is 237 Å². The molecule has 0 heterocycles. The molecule has 13 nitrogen and oxygen atoms in total. The van der Waals surface area contributed by atoms with Crippen molar-refractivity contribution in [2.75, 3.05) is 6.54 Å². The Hall–Kier alpha value is -6.21. The van der Waals surface area contributed by atoms with Gasteiger partial charge in [0.1, 0.15) is 12.1 Å². The first-order chi connectivity index (χ1) is 27.0. The summed E-state index contributed by atoms with van der Waals surface area (Å²) < 4.78 is 0. The molecule has 1 aliphatic rings. The van der Waals surface area contributed by atoms with E-state index in [0.717, 1.165) is 46.2 Å². The van der Waals surface area contributed by atoms with Crippen molar-refractivity contribution in [2.24, 2.45) is 17.2 Å². The summed E-state index contributed by atoms with van der Waals surface area (Å²) in [4.78, 5) is 41.5. The van der Waals surface area contributed by atoms with E-state index in [-0.39, 0.29) is 49.2 Å². The van der Waals surface area contributed by atoms with Crippen molar-refractivity contribution in [3.05, 3.63) is 120 Å². The minimum atomic E-state index is -1.01. The minimum absolute atomic E-state index is 0.0705. The highest BCUT2D eigenvalue weighted by Crippen LogP contribution is 2.22. The molecule has 0 unspecified atom stereocenters. The fourth-order valence-electron chi connectivity index (χ4n) is 6.97. The molecular weight excluding hydrogens is 705 g/mol. The summed E-state index contributed by atoms with van der Waals surface area (Å²) in [6, 6.07) is 32.8. The van der Waals surface area contributed by atoms with Gasteiger partial charge in [0, 0.05) is 25.0 Å². The Bertz CT molecular complexity index is 1900. The first-order valence-corrected chi connectivity index (χ1v) is 19.2. The molecule has 0 aliphatic heterocycles. The van der Waals surface area contributed by atoms with Crippen molar-refractivity contribution in [2.45, 2.75) is 81.6 Å². The Morgan fingerprint density at radius 3 is 1.54 bits per heavy atom. The van der Waals surface area contributed by atoms with Gasteiger partial charge in [0.05, 0.1) is 6.04 Å². The number of rotatable bonds is 17. The highest BCUT2D eigenvalue weighted by atomic mass is 16.2. The van der Waals surface area contributed by atoms with Crippen molar-refractivity contribution in [3.63, 3.8) is 0 Å². The molecule has 13 N–H and O–H groups in total. The second-order valence-corrected chi connectivity index (χ2v) is 14.4. The number of carbonyl (C=O) groups excluding carboxylic acids is 3. The number of amides is 3. The Morgan fingerprint density at radius 2 is 1.04 bits per heavy atom. The lowest BCUT2D eigenvalue weighted by Gasteiger charge is -2.31. The number of hydrogen-bond donors (Lipinski definition) is 10. The summed E-state index contributed by atoms with van der Waals surface area (Å²) in [6.07, 6.45) is 3.96. The first kappa shape index (κ1) is 41.0. The fourth-order valence-corrected chi connectivity index (χ4v) is 6.97. The molecule has 0 spiro atoms. The third kappa shape index (κ3) is 12.7. The van der Waals surface area contributed by atoms with E-state index >= 15 is 0 Å². The molecule has 3 atom stereocenters. The van der Waals surface area contributed by atoms with E-state index < -0.39 is 29.9 Å². The predicted molar refractivity (Wildman–Crippen MR) is 221 cm³/mol. The van der Waals surface area contributed by atoms with Crippen molar-refractivity contribution in [1.82, 2.24) is 26.6 Å². The van der Waals surface area contributed by atoms with Gasteiger partial charge in [-0.3, -0.25) is 25.2 Å². The fraction of sp³-hybridized carbons (Fsp3) is 0.326. The summed E-state index contributed by atoms with van der Waals surface area (Å²) in [5, 5.41) is 29.7. The molecule has 4 aromatic rings. The summed E-state index contributed by atoms with van der Waals surface area (Å²) in [7, 11) is 0. The molecule has 1 saturated carbocycles. The van der Waals surface area contributed by atoms with Gasteiger partial charge in [0.25, 0.3) is 0 Å². The zero-order valence-electron chi connectivity index (χ0n) is 31.6. The van der Waals surface area contributed by atoms with Gasteiger partial charge in [-0.15, -0.1) is 0 Å². The largest absolute Gasteiger partial charge is 0.370 e. The van der Waals surface area contributed by atoms with Gasteiger partial charge in [-0.05, 0) is 78.3 Å². The van der Waals surface area contributed by atoms with E-state index in [1.807, 2.05) is 109 Å². The van der Waals surface area contributed by atoms with Gasteiger partial charge in [0.2, 0.25) is 17.7 Å². The van der Waals surface area contributed by atoms with Gasteiger partial charge >= 0.3 is 0 Å². The zero-order valence-corrected chi connectivity index (χ0v) is 31.6. The van der Waals surface area contributed by atoms with Crippen LogP contribution in [-0.2, 0) is 27.2 Å². The molecular formula is C43H54N10O3. The van der Waals surface area contributed by atoms with Crippen molar-refractivity contribution >= 4 is 29.6 Å². The van der Waals surface area contributed by atoms with Gasteiger partial charge in [-0.2, -0.15) is 0 Å². The summed E-state index contributed by atoms with van der Waals surface area (Å²) in [5.41, 5.74) is 23.4. The van der Waals surface area contributed by atoms with Crippen LogP contribution >= 0.6 is 0 Å². The molecule has 56 heavy (non-hydrogen) atoms. The Kier molecular flexibility index (Phi) is 15.0. The molecule has 4 aromatic carbocycles. The summed E-state index contributed by atoms with van der Waals surface area (Å²) in [5.74, 6) is -1.61. The predicted octanol–water partition coefficient (Wildman–Crippen LogP) is 3.28. The zero-order chi connectivity index (χ0) is 39.9. The number of guanidine groups is 2. The normalized spacial score (nSPS) is 16.7. The lowest BCUT2D eigenvalue weighted by atomic mass is 9.90. The summed E-state index contributed by atoms with van der Waals surface area (Å²) in [6.45, 7) is 0.313. The van der Waals surface area contributed by atoms with Gasteiger partial charge in [0.15, 0.2) is 11.9 Å². The van der Waals surface area contributed by atoms with Crippen molar-refractivity contribution in [3.8, 4) is 22.3 Å². The van der Waals surface area contributed by atoms with Crippen molar-refractivity contribution in [1.29, 1.82) is 10.8 Å². The van der Waals surface area contributed by atoms with E-state index in [1.165, 1.54) is 0 Å². The van der Waals surface area contributed by atoms with Crippen LogP contribution < -0.4 is 43.8 Å². The van der Waals surface area contributed by atoms with Crippen LogP contribution in [0.15, 0.2) is 109 Å². The monoisotopic (exact) mass is 758 g/mol. The third-order valence-electron chi connectivity index (χ3n) is 10.0. The van der Waals surface area contributed by atoms with E-state index in [1.54, 1.807) is 0 Å². The van der Waals surface area contributed by atoms with E-state index in [4.69, 9.17) is 28.0 Å². The quantitative estimate of drug-likeness (QED) is 0.0435. The third-order valence-corrected chi connectivity index (χ3v) is 10.0. The maximum absolute atomic E-state index is 14.1. The van der Waals surface area contributed by atoms with Crippen LogP contribution in [0.2, 0.25) is 0 Å². The number of nitrogens with two attached hydrogens (primary N) is 3. The molecule has 5 rings (SSSR count). The molecule has 0 radical (unpaired) electrons. The molecule has 0 aromatic heterocycles. The van der Waals surface area contributed by atoms with Gasteiger partial charge in [-0.1, -0.05) is 109 Å². The molecule has 3 amide bonds. The summed E-state index contributed by atoms with van der Waals surface area (Å²) >= 11 is 0. The lowest BCUT2D eigenvalue weighted by molar-refractivity contribution is -0.132. The first-order valence-electron chi connectivity index (χ1n) is 19.2. The lowest BCUT2D eigenvalue weighted by Crippen LogP contribution is -2.57. The Balaban J connectivity index is 1.28. The second kappa shape index (κ2) is 20.5. The molecule has 0 bridgehead atoms. The van der Waals surface area contributed by atoms with Crippen LogP contribution in [-0.4, -0.2) is 66.4 Å². The molecule has 294 valence electrons. The van der Waals surface area contributed by atoms with Crippen LogP contribution in [0.3, 0.4) is 0 Å². The van der Waals surface area contributed by atoms with E-state index in [2.05, 4.69) is 26.6 Å². The van der Waals surface area contributed by atoms with Crippen LogP contribution in [0.5, 0.6) is 0 Å². The molecule has 13 heteroatoms. The molecule has 0 saturated heterocycles. The van der Waals surface area contributed by atoms with E-state index in [0.29, 0.717) is 25.8 Å². The van der Waals surface area contributed by atoms with Crippen molar-refractivity contribution < 1.29 is 14.4 Å². The Morgan fingerprint density at radius 1 is 0.571 bits per heavy atom. The Labute approximate surface area is 328 Å². The second-order valence-electron chi connectivity index (χ2n) is 14.4. The average Bonchev–Trinajstić information content (AvgIpc) is 3.20. The van der Waals surface area contributed by atoms with Crippen LogP contribution in [0.4, 0.5) is 0 Å². The highest BCUT2D eigenvalue weighted by molar-refractivity contribution is 5.93. The number of nitrogens with one attached hydrogen (secondary N) is 7.